The lowest BCUT2D eigenvalue weighted by atomic mass is 10.0. The van der Waals surface area contributed by atoms with Gasteiger partial charge in [-0.25, -0.2) is 0 Å². The van der Waals surface area contributed by atoms with Crippen LogP contribution in [0.5, 0.6) is 11.5 Å². The summed E-state index contributed by atoms with van der Waals surface area (Å²) in [6, 6.07) is 24.4. The second-order valence-electron chi connectivity index (χ2n) is 9.01. The van der Waals surface area contributed by atoms with E-state index in [1.54, 1.807) is 12.0 Å². The van der Waals surface area contributed by atoms with Gasteiger partial charge in [0, 0.05) is 19.5 Å². The van der Waals surface area contributed by atoms with E-state index in [-0.39, 0.29) is 25.0 Å². The van der Waals surface area contributed by atoms with Crippen LogP contribution in [0.2, 0.25) is 0 Å². The smallest absolute Gasteiger partial charge is 0.261 e. The predicted molar refractivity (Wildman–Crippen MR) is 147 cm³/mol. The Morgan fingerprint density at radius 3 is 2.27 bits per heavy atom. The summed E-state index contributed by atoms with van der Waals surface area (Å²) < 4.78 is 11.2. The first-order valence-corrected chi connectivity index (χ1v) is 13.0. The Hall–Kier alpha value is -3.80. The number of benzene rings is 3. The Bertz CT molecular complexity index is 1120. The van der Waals surface area contributed by atoms with Gasteiger partial charge < -0.3 is 19.7 Å². The summed E-state index contributed by atoms with van der Waals surface area (Å²) in [5.41, 5.74) is 3.06. The second-order valence-corrected chi connectivity index (χ2v) is 9.01. The maximum Gasteiger partial charge on any atom is 0.261 e. The fourth-order valence-electron chi connectivity index (χ4n) is 4.08. The van der Waals surface area contributed by atoms with E-state index in [1.807, 2.05) is 78.9 Å². The Labute approximate surface area is 220 Å². The van der Waals surface area contributed by atoms with E-state index in [9.17, 15) is 9.59 Å². The van der Waals surface area contributed by atoms with Gasteiger partial charge in [-0.1, -0.05) is 74.9 Å². The molecule has 0 aliphatic heterocycles. The number of hydrogen-bond donors (Lipinski definition) is 1. The minimum Gasteiger partial charge on any atom is -0.497 e. The molecule has 0 aromatic heterocycles. The number of hydrogen-bond acceptors (Lipinski definition) is 4. The van der Waals surface area contributed by atoms with Crippen molar-refractivity contribution in [1.29, 1.82) is 0 Å². The molecule has 0 spiro atoms. The number of rotatable bonds is 14. The summed E-state index contributed by atoms with van der Waals surface area (Å²) in [7, 11) is 1.61. The van der Waals surface area contributed by atoms with Crippen LogP contribution in [-0.2, 0) is 29.0 Å². The zero-order valence-electron chi connectivity index (χ0n) is 22.1. The average Bonchev–Trinajstić information content (AvgIpc) is 2.94. The van der Waals surface area contributed by atoms with Crippen LogP contribution in [0.4, 0.5) is 0 Å². The molecule has 3 aromatic rings. The van der Waals surface area contributed by atoms with Crippen molar-refractivity contribution in [2.24, 2.45) is 0 Å². The molecule has 0 bridgehead atoms. The van der Waals surface area contributed by atoms with Gasteiger partial charge in [-0.3, -0.25) is 9.59 Å². The monoisotopic (exact) mass is 502 g/mol. The first kappa shape index (κ1) is 27.8. The van der Waals surface area contributed by atoms with Crippen LogP contribution in [-0.4, -0.2) is 43.0 Å². The standard InChI is InChI=1S/C31H38N2O4/c1-4-6-19-32-31(35)29(21-25-11-8-7-9-12-25)33(22-26-13-10-14-28(20-26)36-3)30(34)23-37-27-17-15-24(5-2)16-18-27/h7-18,20,29H,4-6,19,21-23H2,1-3H3,(H,32,35)/t29-/m0/s1. The molecule has 0 saturated heterocycles. The Balaban J connectivity index is 1.88. The zero-order valence-corrected chi connectivity index (χ0v) is 22.1. The molecule has 6 nitrogen and oxygen atoms in total. The largest absolute Gasteiger partial charge is 0.497 e. The lowest BCUT2D eigenvalue weighted by Gasteiger charge is -2.31. The zero-order chi connectivity index (χ0) is 26.5. The number of nitrogens with zero attached hydrogens (tertiary/aromatic N) is 1. The minimum atomic E-state index is -0.691. The highest BCUT2D eigenvalue weighted by Crippen LogP contribution is 2.19. The van der Waals surface area contributed by atoms with Gasteiger partial charge >= 0.3 is 0 Å². The molecule has 3 aromatic carbocycles. The summed E-state index contributed by atoms with van der Waals surface area (Å²) in [4.78, 5) is 28.7. The number of unbranched alkanes of at least 4 members (excludes halogenated alkanes) is 1. The number of carbonyl (C=O) groups is 2. The first-order chi connectivity index (χ1) is 18.0. The van der Waals surface area contributed by atoms with Crippen LogP contribution >= 0.6 is 0 Å². The third-order valence-corrected chi connectivity index (χ3v) is 6.28. The fraction of sp³-hybridized carbons (Fsp3) is 0.355. The molecule has 1 N–H and O–H groups in total. The van der Waals surface area contributed by atoms with E-state index < -0.39 is 6.04 Å². The third kappa shape index (κ3) is 8.67. The van der Waals surface area contributed by atoms with Crippen LogP contribution in [0, 0.1) is 0 Å². The van der Waals surface area contributed by atoms with Crippen molar-refractivity contribution in [3.63, 3.8) is 0 Å². The van der Waals surface area contributed by atoms with Crippen molar-refractivity contribution in [1.82, 2.24) is 10.2 Å². The summed E-state index contributed by atoms with van der Waals surface area (Å²) >= 11 is 0. The molecule has 0 aliphatic rings. The van der Waals surface area contributed by atoms with Gasteiger partial charge in [-0.2, -0.15) is 0 Å². The molecule has 1 atom stereocenters. The highest BCUT2D eigenvalue weighted by Gasteiger charge is 2.30. The van der Waals surface area contributed by atoms with Gasteiger partial charge in [0.25, 0.3) is 5.91 Å². The molecule has 3 rings (SSSR count). The lowest BCUT2D eigenvalue weighted by Crippen LogP contribution is -2.51. The molecule has 0 unspecified atom stereocenters. The van der Waals surface area contributed by atoms with Gasteiger partial charge in [0.15, 0.2) is 6.61 Å². The van der Waals surface area contributed by atoms with Gasteiger partial charge in [0.2, 0.25) is 5.91 Å². The SMILES string of the molecule is CCCCNC(=O)[C@H](Cc1ccccc1)N(Cc1cccc(OC)c1)C(=O)COc1ccc(CC)cc1. The van der Waals surface area contributed by atoms with Crippen molar-refractivity contribution >= 4 is 11.8 Å². The van der Waals surface area contributed by atoms with E-state index in [2.05, 4.69) is 19.2 Å². The summed E-state index contributed by atoms with van der Waals surface area (Å²) in [6.45, 7) is 4.84. The highest BCUT2D eigenvalue weighted by molar-refractivity contribution is 5.88. The van der Waals surface area contributed by atoms with E-state index in [4.69, 9.17) is 9.47 Å². The number of methoxy groups -OCH3 is 1. The maximum absolute atomic E-state index is 13.7. The number of carbonyl (C=O) groups excluding carboxylic acids is 2. The molecule has 0 heterocycles. The number of ether oxygens (including phenoxy) is 2. The molecular formula is C31H38N2O4. The number of aryl methyl sites for hydroxylation is 1. The van der Waals surface area contributed by atoms with E-state index >= 15 is 0 Å². The van der Waals surface area contributed by atoms with Crippen LogP contribution in [0.3, 0.4) is 0 Å². The molecule has 0 saturated carbocycles. The Morgan fingerprint density at radius 2 is 1.59 bits per heavy atom. The second kappa shape index (κ2) is 14.7. The van der Waals surface area contributed by atoms with Gasteiger partial charge in [-0.15, -0.1) is 0 Å². The quantitative estimate of drug-likeness (QED) is 0.308. The predicted octanol–water partition coefficient (Wildman–Crippen LogP) is 5.19. The maximum atomic E-state index is 13.7. The van der Waals surface area contributed by atoms with E-state index in [1.165, 1.54) is 5.56 Å². The van der Waals surface area contributed by atoms with Crippen molar-refractivity contribution in [2.75, 3.05) is 20.3 Å². The van der Waals surface area contributed by atoms with Gasteiger partial charge in [0.1, 0.15) is 17.5 Å². The first-order valence-electron chi connectivity index (χ1n) is 13.0. The fourth-order valence-corrected chi connectivity index (χ4v) is 4.08. The molecule has 37 heavy (non-hydrogen) atoms. The molecule has 6 heteroatoms. The van der Waals surface area contributed by atoms with Crippen LogP contribution in [0.15, 0.2) is 78.9 Å². The van der Waals surface area contributed by atoms with Crippen molar-refractivity contribution in [3.05, 3.63) is 95.6 Å². The number of nitrogens with one attached hydrogen (secondary N) is 1. The summed E-state index contributed by atoms with van der Waals surface area (Å²) in [5, 5.41) is 3.04. The highest BCUT2D eigenvalue weighted by atomic mass is 16.5. The summed E-state index contributed by atoms with van der Waals surface area (Å²) in [5.74, 6) is 0.901. The molecule has 0 aliphatic carbocycles. The van der Waals surface area contributed by atoms with E-state index in [0.717, 1.165) is 30.4 Å². The molecule has 0 fully saturated rings. The summed E-state index contributed by atoms with van der Waals surface area (Å²) in [6.07, 6.45) is 3.19. The minimum absolute atomic E-state index is 0.164. The van der Waals surface area contributed by atoms with Crippen molar-refractivity contribution < 1.29 is 19.1 Å². The molecular weight excluding hydrogens is 464 g/mol. The Morgan fingerprint density at radius 1 is 0.865 bits per heavy atom. The van der Waals surface area contributed by atoms with Gasteiger partial charge in [-0.05, 0) is 53.8 Å². The van der Waals surface area contributed by atoms with Crippen LogP contribution < -0.4 is 14.8 Å². The van der Waals surface area contributed by atoms with Crippen LogP contribution in [0.25, 0.3) is 0 Å². The van der Waals surface area contributed by atoms with Crippen molar-refractivity contribution in [3.8, 4) is 11.5 Å². The Kier molecular flexibility index (Phi) is 11.0. The lowest BCUT2D eigenvalue weighted by molar-refractivity contribution is -0.142. The third-order valence-electron chi connectivity index (χ3n) is 6.28. The van der Waals surface area contributed by atoms with Crippen molar-refractivity contribution in [2.45, 2.75) is 52.1 Å². The van der Waals surface area contributed by atoms with Gasteiger partial charge in [0.05, 0.1) is 7.11 Å². The molecule has 2 amide bonds. The topological polar surface area (TPSA) is 67.9 Å². The molecule has 196 valence electrons. The average molecular weight is 503 g/mol. The molecule has 0 radical (unpaired) electrons. The van der Waals surface area contributed by atoms with E-state index in [0.29, 0.717) is 24.5 Å². The normalized spacial score (nSPS) is 11.4. The van der Waals surface area contributed by atoms with Crippen LogP contribution in [0.1, 0.15) is 43.4 Å². The number of amides is 2.